The van der Waals surface area contributed by atoms with Crippen LogP contribution in [0, 0.1) is 5.92 Å². The second-order valence-corrected chi connectivity index (χ2v) is 8.19. The van der Waals surface area contributed by atoms with Gasteiger partial charge in [0.25, 0.3) is 0 Å². The summed E-state index contributed by atoms with van der Waals surface area (Å²) >= 11 is 0. The summed E-state index contributed by atoms with van der Waals surface area (Å²) in [6.45, 7) is 4.94. The van der Waals surface area contributed by atoms with E-state index in [1.807, 2.05) is 0 Å². The fourth-order valence-electron chi connectivity index (χ4n) is 3.72. The molecule has 0 radical (unpaired) electrons. The summed E-state index contributed by atoms with van der Waals surface area (Å²) in [6.07, 6.45) is 16.8. The molecule has 0 amide bonds. The van der Waals surface area contributed by atoms with Crippen LogP contribution in [0.25, 0.3) is 0 Å². The van der Waals surface area contributed by atoms with Gasteiger partial charge in [0, 0.05) is 12.8 Å². The molecule has 1 fully saturated rings. The lowest BCUT2D eigenvalue weighted by molar-refractivity contribution is -0.153. The Labute approximate surface area is 166 Å². The van der Waals surface area contributed by atoms with Gasteiger partial charge in [0.2, 0.25) is 0 Å². The molecule has 0 bridgehead atoms. The average Bonchev–Trinajstić information content (AvgIpc) is 2.66. The van der Waals surface area contributed by atoms with Crippen molar-refractivity contribution < 1.29 is 19.1 Å². The Bertz CT molecular complexity index is 394. The van der Waals surface area contributed by atoms with Crippen LogP contribution < -0.4 is 0 Å². The van der Waals surface area contributed by atoms with Gasteiger partial charge >= 0.3 is 11.9 Å². The van der Waals surface area contributed by atoms with Crippen LogP contribution >= 0.6 is 0 Å². The maximum absolute atomic E-state index is 11.9. The van der Waals surface area contributed by atoms with E-state index in [0.29, 0.717) is 38.2 Å². The minimum Gasteiger partial charge on any atom is -0.466 e. The molecular formula is C23H42O4. The molecule has 2 unspecified atom stereocenters. The zero-order valence-electron chi connectivity index (χ0n) is 17.8. The Morgan fingerprint density at radius 1 is 0.778 bits per heavy atom. The van der Waals surface area contributed by atoms with E-state index in [-0.39, 0.29) is 18.0 Å². The summed E-state index contributed by atoms with van der Waals surface area (Å²) < 4.78 is 10.9. The molecule has 0 heterocycles. The van der Waals surface area contributed by atoms with Crippen molar-refractivity contribution in [2.45, 2.75) is 123 Å². The molecule has 4 heteroatoms. The van der Waals surface area contributed by atoms with Gasteiger partial charge in [0.05, 0.1) is 6.61 Å². The van der Waals surface area contributed by atoms with E-state index in [2.05, 4.69) is 13.8 Å². The molecule has 2 atom stereocenters. The fourth-order valence-corrected chi connectivity index (χ4v) is 3.72. The number of hydrogen-bond acceptors (Lipinski definition) is 4. The van der Waals surface area contributed by atoms with E-state index in [0.717, 1.165) is 32.1 Å². The summed E-state index contributed by atoms with van der Waals surface area (Å²) in [7, 11) is 0. The summed E-state index contributed by atoms with van der Waals surface area (Å²) in [4.78, 5) is 23.6. The predicted octanol–water partition coefficient (Wildman–Crippen LogP) is 6.35. The Hall–Kier alpha value is -1.06. The smallest absolute Gasteiger partial charge is 0.306 e. The highest BCUT2D eigenvalue weighted by atomic mass is 16.5. The van der Waals surface area contributed by atoms with Gasteiger partial charge in [-0.25, -0.2) is 0 Å². The van der Waals surface area contributed by atoms with Crippen molar-refractivity contribution in [2.24, 2.45) is 5.92 Å². The van der Waals surface area contributed by atoms with Gasteiger partial charge in [-0.05, 0) is 44.4 Å². The van der Waals surface area contributed by atoms with Gasteiger partial charge in [-0.15, -0.1) is 0 Å². The van der Waals surface area contributed by atoms with Crippen LogP contribution in [0.2, 0.25) is 0 Å². The molecule has 27 heavy (non-hydrogen) atoms. The third-order valence-corrected chi connectivity index (χ3v) is 5.59. The first-order valence-electron chi connectivity index (χ1n) is 11.5. The molecule has 0 N–H and O–H groups in total. The summed E-state index contributed by atoms with van der Waals surface area (Å²) in [5.74, 6) is 0.238. The normalized spacial score (nSPS) is 19.6. The van der Waals surface area contributed by atoms with E-state index < -0.39 is 0 Å². The minimum absolute atomic E-state index is 0.0999. The number of carbonyl (C=O) groups is 2. The quantitative estimate of drug-likeness (QED) is 0.244. The molecule has 0 aromatic rings. The largest absolute Gasteiger partial charge is 0.466 e. The number of hydrogen-bond donors (Lipinski definition) is 0. The van der Waals surface area contributed by atoms with Crippen LogP contribution in [-0.2, 0) is 19.1 Å². The minimum atomic E-state index is -0.132. The summed E-state index contributed by atoms with van der Waals surface area (Å²) in [6, 6.07) is 0. The van der Waals surface area contributed by atoms with Crippen LogP contribution in [0.15, 0.2) is 0 Å². The molecule has 1 saturated carbocycles. The first-order valence-corrected chi connectivity index (χ1v) is 11.5. The number of carbonyl (C=O) groups excluding carboxylic acids is 2. The first-order chi connectivity index (χ1) is 13.1. The van der Waals surface area contributed by atoms with Crippen molar-refractivity contribution >= 4 is 11.9 Å². The molecule has 0 aromatic heterocycles. The van der Waals surface area contributed by atoms with Gasteiger partial charge in [-0.3, -0.25) is 9.59 Å². The SMILES string of the molecule is CCCCCCCCCCOC(=O)CCCCC(=O)OC1CCCCC1C. The second kappa shape index (κ2) is 15.9. The number of esters is 2. The van der Waals surface area contributed by atoms with E-state index in [4.69, 9.17) is 9.47 Å². The molecule has 158 valence electrons. The molecule has 1 rings (SSSR count). The molecule has 1 aliphatic rings. The molecular weight excluding hydrogens is 340 g/mol. The highest BCUT2D eigenvalue weighted by Gasteiger charge is 2.24. The van der Waals surface area contributed by atoms with Crippen molar-refractivity contribution in [1.82, 2.24) is 0 Å². The molecule has 0 aromatic carbocycles. The third kappa shape index (κ3) is 12.9. The van der Waals surface area contributed by atoms with Crippen LogP contribution in [0.5, 0.6) is 0 Å². The highest BCUT2D eigenvalue weighted by Crippen LogP contribution is 2.26. The molecule has 0 saturated heterocycles. The van der Waals surface area contributed by atoms with Crippen molar-refractivity contribution in [1.29, 1.82) is 0 Å². The van der Waals surface area contributed by atoms with E-state index >= 15 is 0 Å². The number of rotatable bonds is 15. The Morgan fingerprint density at radius 3 is 2.04 bits per heavy atom. The van der Waals surface area contributed by atoms with Crippen molar-refractivity contribution in [3.05, 3.63) is 0 Å². The van der Waals surface area contributed by atoms with E-state index in [1.165, 1.54) is 44.9 Å². The number of unbranched alkanes of at least 4 members (excludes halogenated alkanes) is 8. The maximum Gasteiger partial charge on any atom is 0.306 e. The number of ether oxygens (including phenoxy) is 2. The Kier molecular flexibility index (Phi) is 14.2. The van der Waals surface area contributed by atoms with Crippen molar-refractivity contribution in [3.63, 3.8) is 0 Å². The van der Waals surface area contributed by atoms with E-state index in [9.17, 15) is 9.59 Å². The Morgan fingerprint density at radius 2 is 1.37 bits per heavy atom. The monoisotopic (exact) mass is 382 g/mol. The first kappa shape index (κ1) is 24.0. The maximum atomic E-state index is 11.9. The second-order valence-electron chi connectivity index (χ2n) is 8.19. The Balaban J connectivity index is 1.90. The lowest BCUT2D eigenvalue weighted by atomic mass is 9.88. The van der Waals surface area contributed by atoms with Gasteiger partial charge in [-0.1, -0.05) is 65.2 Å². The lowest BCUT2D eigenvalue weighted by Gasteiger charge is -2.28. The van der Waals surface area contributed by atoms with Crippen LogP contribution in [0.4, 0.5) is 0 Å². The summed E-state index contributed by atoms with van der Waals surface area (Å²) in [5, 5.41) is 0. The van der Waals surface area contributed by atoms with Gasteiger partial charge in [0.15, 0.2) is 0 Å². The van der Waals surface area contributed by atoms with Crippen molar-refractivity contribution in [3.8, 4) is 0 Å². The highest BCUT2D eigenvalue weighted by molar-refractivity contribution is 5.70. The molecule has 0 spiro atoms. The molecule has 1 aliphatic carbocycles. The fraction of sp³-hybridized carbons (Fsp3) is 0.913. The predicted molar refractivity (Wildman–Crippen MR) is 110 cm³/mol. The summed E-state index contributed by atoms with van der Waals surface area (Å²) in [5.41, 5.74) is 0. The average molecular weight is 383 g/mol. The lowest BCUT2D eigenvalue weighted by Crippen LogP contribution is -2.28. The van der Waals surface area contributed by atoms with Gasteiger partial charge in [0.1, 0.15) is 6.10 Å². The van der Waals surface area contributed by atoms with E-state index in [1.54, 1.807) is 0 Å². The van der Waals surface area contributed by atoms with Crippen molar-refractivity contribution in [2.75, 3.05) is 6.61 Å². The standard InChI is InChI=1S/C23H42O4/c1-3-4-5-6-7-8-9-14-19-26-22(24)17-12-13-18-23(25)27-21-16-11-10-15-20(21)2/h20-21H,3-19H2,1-2H3. The topological polar surface area (TPSA) is 52.6 Å². The third-order valence-electron chi connectivity index (χ3n) is 5.59. The zero-order valence-corrected chi connectivity index (χ0v) is 17.8. The molecule has 0 aliphatic heterocycles. The van der Waals surface area contributed by atoms with Gasteiger partial charge in [-0.2, -0.15) is 0 Å². The zero-order chi connectivity index (χ0) is 19.7. The van der Waals surface area contributed by atoms with Crippen LogP contribution in [-0.4, -0.2) is 24.6 Å². The van der Waals surface area contributed by atoms with Crippen LogP contribution in [0.1, 0.15) is 117 Å². The van der Waals surface area contributed by atoms with Gasteiger partial charge < -0.3 is 9.47 Å². The molecule has 4 nitrogen and oxygen atoms in total. The van der Waals surface area contributed by atoms with Crippen LogP contribution in [0.3, 0.4) is 0 Å².